The number of pyridine rings is 1. The van der Waals surface area contributed by atoms with E-state index in [0.29, 0.717) is 11.4 Å². The predicted molar refractivity (Wildman–Crippen MR) is 72.7 cm³/mol. The Bertz CT molecular complexity index is 696. The average Bonchev–Trinajstić information content (AvgIpc) is 2.39. The summed E-state index contributed by atoms with van der Waals surface area (Å²) in [5, 5.41) is 2.55. The van der Waals surface area contributed by atoms with Gasteiger partial charge in [-0.1, -0.05) is 6.07 Å². The van der Waals surface area contributed by atoms with Crippen LogP contribution in [0.1, 0.15) is 10.4 Å². The van der Waals surface area contributed by atoms with Crippen molar-refractivity contribution < 1.29 is 9.00 Å². The Morgan fingerprint density at radius 2 is 2.26 bits per heavy atom. The zero-order chi connectivity index (χ0) is 13.8. The van der Waals surface area contributed by atoms with Gasteiger partial charge in [-0.2, -0.15) is 0 Å². The van der Waals surface area contributed by atoms with Gasteiger partial charge in [0.1, 0.15) is 11.2 Å². The van der Waals surface area contributed by atoms with Crippen LogP contribution in [0, 0.1) is 0 Å². The first kappa shape index (κ1) is 13.4. The highest BCUT2D eigenvalue weighted by Gasteiger charge is 2.12. The fourth-order valence-corrected chi connectivity index (χ4v) is 1.98. The number of carbonyl (C=O) groups excluding carboxylic acids is 1. The van der Waals surface area contributed by atoms with Crippen molar-refractivity contribution in [2.24, 2.45) is 0 Å². The molecule has 19 heavy (non-hydrogen) atoms. The maximum Gasteiger partial charge on any atom is 0.270 e. The van der Waals surface area contributed by atoms with Gasteiger partial charge >= 0.3 is 0 Å². The maximum atomic E-state index is 12.1. The van der Waals surface area contributed by atoms with Gasteiger partial charge in [0.25, 0.3) is 11.5 Å². The average molecular weight is 279 g/mol. The van der Waals surface area contributed by atoms with E-state index < -0.39 is 22.3 Å². The highest BCUT2D eigenvalue weighted by Crippen LogP contribution is 1.97. The molecule has 0 radical (unpaired) electrons. The summed E-state index contributed by atoms with van der Waals surface area (Å²) in [6, 6.07) is 5.14. The Morgan fingerprint density at radius 3 is 3.00 bits per heavy atom. The second kappa shape index (κ2) is 5.75. The molecular formula is C12H13N3O3S. The van der Waals surface area contributed by atoms with Crippen LogP contribution in [-0.4, -0.2) is 38.1 Å². The molecular weight excluding hydrogens is 266 g/mol. The Morgan fingerprint density at radius 1 is 1.47 bits per heavy atom. The summed E-state index contributed by atoms with van der Waals surface area (Å²) in [5.41, 5.74) is 0.0463. The number of carbonyl (C=O) groups is 1. The first-order chi connectivity index (χ1) is 9.09. The highest BCUT2D eigenvalue weighted by atomic mass is 32.2. The largest absolute Gasteiger partial charge is 0.351 e. The molecule has 0 saturated heterocycles. The Hall–Kier alpha value is -2.02. The van der Waals surface area contributed by atoms with E-state index in [1.807, 2.05) is 0 Å². The van der Waals surface area contributed by atoms with Crippen molar-refractivity contribution in [3.63, 3.8) is 0 Å². The van der Waals surface area contributed by atoms with Crippen LogP contribution in [0.15, 0.2) is 35.4 Å². The van der Waals surface area contributed by atoms with E-state index in [1.165, 1.54) is 10.6 Å². The zero-order valence-corrected chi connectivity index (χ0v) is 11.1. The monoisotopic (exact) mass is 279 g/mol. The number of fused-ring (bicyclic) bond motifs is 1. The first-order valence-corrected chi connectivity index (χ1v) is 7.37. The van der Waals surface area contributed by atoms with Crippen molar-refractivity contribution in [2.75, 3.05) is 18.6 Å². The number of aromatic nitrogens is 2. The fourth-order valence-electron chi connectivity index (χ4n) is 1.59. The lowest BCUT2D eigenvalue weighted by molar-refractivity contribution is 0.0954. The van der Waals surface area contributed by atoms with Gasteiger partial charge < -0.3 is 5.32 Å². The number of hydrogen-bond acceptors (Lipinski definition) is 4. The van der Waals surface area contributed by atoms with Crippen LogP contribution >= 0.6 is 0 Å². The molecule has 1 amide bonds. The molecule has 0 aliphatic carbocycles. The van der Waals surface area contributed by atoms with E-state index >= 15 is 0 Å². The van der Waals surface area contributed by atoms with Gasteiger partial charge in [0.15, 0.2) is 0 Å². The van der Waals surface area contributed by atoms with Crippen LogP contribution in [0.2, 0.25) is 0 Å². The van der Waals surface area contributed by atoms with Crippen molar-refractivity contribution in [3.8, 4) is 0 Å². The van der Waals surface area contributed by atoms with E-state index in [4.69, 9.17) is 0 Å². The normalized spacial score (nSPS) is 12.3. The van der Waals surface area contributed by atoms with Gasteiger partial charge in [-0.25, -0.2) is 4.98 Å². The molecule has 0 aromatic carbocycles. The maximum absolute atomic E-state index is 12.1. The SMILES string of the molecule is C[S@](=O)CCNC(=O)c1cnc2ccccn2c1=O. The minimum Gasteiger partial charge on any atom is -0.351 e. The number of nitrogens with zero attached hydrogens (tertiary/aromatic N) is 2. The van der Waals surface area contributed by atoms with E-state index in [0.717, 1.165) is 0 Å². The van der Waals surface area contributed by atoms with Gasteiger partial charge in [-0.15, -0.1) is 0 Å². The lowest BCUT2D eigenvalue weighted by atomic mass is 10.3. The van der Waals surface area contributed by atoms with Crippen molar-refractivity contribution >= 4 is 22.4 Å². The summed E-state index contributed by atoms with van der Waals surface area (Å²) in [5.74, 6) is -0.144. The molecule has 2 aromatic rings. The standard InChI is InChI=1S/C12H13N3O3S/c1-19(18)7-5-13-11(16)9-8-14-10-4-2-3-6-15(10)12(9)17/h2-4,6,8H,5,7H2,1H3,(H,13,16)/t19-/m0/s1. The quantitative estimate of drug-likeness (QED) is 0.840. The predicted octanol–water partition coefficient (Wildman–Crippen LogP) is -0.197. The third-order valence-corrected chi connectivity index (χ3v) is 3.31. The van der Waals surface area contributed by atoms with E-state index in [2.05, 4.69) is 10.3 Å². The Balaban J connectivity index is 2.25. The lowest BCUT2D eigenvalue weighted by Crippen LogP contribution is -2.33. The molecule has 0 fully saturated rings. The molecule has 0 spiro atoms. The first-order valence-electron chi connectivity index (χ1n) is 5.64. The van der Waals surface area contributed by atoms with Crippen molar-refractivity contribution in [2.45, 2.75) is 0 Å². The van der Waals surface area contributed by atoms with Crippen molar-refractivity contribution in [1.29, 1.82) is 0 Å². The molecule has 100 valence electrons. The molecule has 2 aromatic heterocycles. The molecule has 6 nitrogen and oxygen atoms in total. The molecule has 1 atom stereocenters. The summed E-state index contributed by atoms with van der Waals surface area (Å²) in [7, 11) is -0.980. The molecule has 7 heteroatoms. The van der Waals surface area contributed by atoms with E-state index in [9.17, 15) is 13.8 Å². The minimum atomic E-state index is -0.980. The van der Waals surface area contributed by atoms with E-state index in [1.54, 1.807) is 30.7 Å². The fraction of sp³-hybridized carbons (Fsp3) is 0.250. The molecule has 1 N–H and O–H groups in total. The van der Waals surface area contributed by atoms with Gasteiger partial charge in [0.2, 0.25) is 0 Å². The van der Waals surface area contributed by atoms with Crippen LogP contribution in [0.3, 0.4) is 0 Å². The molecule has 0 aliphatic heterocycles. The van der Waals surface area contributed by atoms with Crippen molar-refractivity contribution in [3.05, 3.63) is 46.5 Å². The zero-order valence-electron chi connectivity index (χ0n) is 10.3. The minimum absolute atomic E-state index is 0.0226. The van der Waals surface area contributed by atoms with Crippen LogP contribution < -0.4 is 10.9 Å². The topological polar surface area (TPSA) is 80.5 Å². The number of hydrogen-bond donors (Lipinski definition) is 1. The molecule has 2 heterocycles. The molecule has 0 saturated carbocycles. The summed E-state index contributed by atoms with van der Waals surface area (Å²) >= 11 is 0. The number of nitrogens with one attached hydrogen (secondary N) is 1. The molecule has 2 rings (SSSR count). The van der Waals surface area contributed by atoms with Gasteiger partial charge in [-0.05, 0) is 12.1 Å². The van der Waals surface area contributed by atoms with Crippen LogP contribution in [0.5, 0.6) is 0 Å². The third kappa shape index (κ3) is 3.05. The number of rotatable bonds is 4. The van der Waals surface area contributed by atoms with Crippen molar-refractivity contribution in [1.82, 2.24) is 14.7 Å². The van der Waals surface area contributed by atoms with Crippen LogP contribution in [-0.2, 0) is 10.8 Å². The van der Waals surface area contributed by atoms with Gasteiger partial charge in [-0.3, -0.25) is 18.2 Å². The summed E-state index contributed by atoms with van der Waals surface area (Å²) in [6.07, 6.45) is 4.37. The molecule has 0 bridgehead atoms. The summed E-state index contributed by atoms with van der Waals surface area (Å²) in [6.45, 7) is 0.263. The van der Waals surface area contributed by atoms with Crippen LogP contribution in [0.4, 0.5) is 0 Å². The Labute approximate surface area is 111 Å². The van der Waals surface area contributed by atoms with Gasteiger partial charge in [0, 0.05) is 41.7 Å². The smallest absolute Gasteiger partial charge is 0.270 e. The second-order valence-electron chi connectivity index (χ2n) is 3.94. The molecule has 0 unspecified atom stereocenters. The number of amides is 1. The summed E-state index contributed by atoms with van der Waals surface area (Å²) in [4.78, 5) is 27.9. The highest BCUT2D eigenvalue weighted by molar-refractivity contribution is 7.84. The van der Waals surface area contributed by atoms with Gasteiger partial charge in [0.05, 0.1) is 0 Å². The Kier molecular flexibility index (Phi) is 4.06. The lowest BCUT2D eigenvalue weighted by Gasteiger charge is -2.05. The summed E-state index contributed by atoms with van der Waals surface area (Å²) < 4.78 is 12.2. The van der Waals surface area contributed by atoms with Crippen LogP contribution in [0.25, 0.3) is 5.65 Å². The van der Waals surface area contributed by atoms with E-state index in [-0.39, 0.29) is 12.1 Å². The third-order valence-electron chi connectivity index (χ3n) is 2.53. The second-order valence-corrected chi connectivity index (χ2v) is 5.49. The molecule has 0 aliphatic rings.